The third kappa shape index (κ3) is 6.68. The fourth-order valence-electron chi connectivity index (χ4n) is 1.33. The Morgan fingerprint density at radius 3 is 2.80 bits per heavy atom. The van der Waals surface area contributed by atoms with Crippen molar-refractivity contribution in [3.05, 3.63) is 41.7 Å². The number of benzene rings is 1. The number of ether oxygens (including phenoxy) is 1. The first-order valence-electron chi connectivity index (χ1n) is 6.34. The highest BCUT2D eigenvalue weighted by Crippen LogP contribution is 2.05. The smallest absolute Gasteiger partial charge is 0.331 e. The lowest BCUT2D eigenvalue weighted by atomic mass is 10.2. The summed E-state index contributed by atoms with van der Waals surface area (Å²) in [6.07, 6.45) is 2.59. The lowest BCUT2D eigenvalue weighted by molar-refractivity contribution is -0.143. The number of nitrogens with one attached hydrogen (secondary N) is 1. The number of rotatable bonds is 6. The highest BCUT2D eigenvalue weighted by molar-refractivity contribution is 5.89. The van der Waals surface area contributed by atoms with Crippen molar-refractivity contribution in [1.82, 2.24) is 5.32 Å². The van der Waals surface area contributed by atoms with Gasteiger partial charge >= 0.3 is 5.97 Å². The maximum Gasteiger partial charge on any atom is 0.331 e. The zero-order valence-corrected chi connectivity index (χ0v) is 11.6. The zero-order chi connectivity index (χ0) is 15.0. The number of halogens is 1. The van der Waals surface area contributed by atoms with Gasteiger partial charge in [-0.1, -0.05) is 26.0 Å². The molecule has 0 radical (unpaired) electrons. The van der Waals surface area contributed by atoms with Crippen LogP contribution in [0.15, 0.2) is 30.3 Å². The van der Waals surface area contributed by atoms with Crippen molar-refractivity contribution < 1.29 is 18.7 Å². The summed E-state index contributed by atoms with van der Waals surface area (Å²) in [5, 5.41) is 2.63. The summed E-state index contributed by atoms with van der Waals surface area (Å²) in [7, 11) is 0. The van der Waals surface area contributed by atoms with Gasteiger partial charge in [-0.05, 0) is 29.7 Å². The third-order valence-corrected chi connectivity index (χ3v) is 2.31. The Bertz CT molecular complexity index is 498. The summed E-state index contributed by atoms with van der Waals surface area (Å²) in [6, 6.07) is 5.80. The monoisotopic (exact) mass is 279 g/mol. The molecule has 108 valence electrons. The van der Waals surface area contributed by atoms with E-state index in [4.69, 9.17) is 4.74 Å². The molecule has 0 unspecified atom stereocenters. The Morgan fingerprint density at radius 2 is 2.15 bits per heavy atom. The SMILES string of the molecule is CC(C)CNC(=O)COC(=O)/C=C/c1cccc(F)c1. The van der Waals surface area contributed by atoms with Crippen LogP contribution in [-0.2, 0) is 14.3 Å². The number of amides is 1. The van der Waals surface area contributed by atoms with Crippen LogP contribution in [0.3, 0.4) is 0 Å². The molecule has 0 saturated carbocycles. The van der Waals surface area contributed by atoms with E-state index in [1.165, 1.54) is 18.2 Å². The second-order valence-corrected chi connectivity index (χ2v) is 4.69. The molecule has 1 amide bonds. The van der Waals surface area contributed by atoms with Gasteiger partial charge in [0.05, 0.1) is 0 Å². The summed E-state index contributed by atoms with van der Waals surface area (Å²) in [4.78, 5) is 22.7. The second-order valence-electron chi connectivity index (χ2n) is 4.69. The molecule has 1 N–H and O–H groups in total. The lowest BCUT2D eigenvalue weighted by Crippen LogP contribution is -2.31. The van der Waals surface area contributed by atoms with Crippen LogP contribution in [0.5, 0.6) is 0 Å². The molecule has 0 aliphatic heterocycles. The van der Waals surface area contributed by atoms with Crippen molar-refractivity contribution in [2.45, 2.75) is 13.8 Å². The Hall–Kier alpha value is -2.17. The highest BCUT2D eigenvalue weighted by Gasteiger charge is 2.05. The molecule has 0 fully saturated rings. The molecule has 0 heterocycles. The van der Waals surface area contributed by atoms with E-state index in [1.54, 1.807) is 12.1 Å². The molecule has 20 heavy (non-hydrogen) atoms. The maximum absolute atomic E-state index is 12.9. The first-order valence-corrected chi connectivity index (χ1v) is 6.34. The molecule has 4 nitrogen and oxygen atoms in total. The molecule has 0 bridgehead atoms. The molecule has 0 atom stereocenters. The minimum Gasteiger partial charge on any atom is -0.452 e. The van der Waals surface area contributed by atoms with E-state index >= 15 is 0 Å². The van der Waals surface area contributed by atoms with Gasteiger partial charge in [0.1, 0.15) is 5.82 Å². The molecule has 5 heteroatoms. The van der Waals surface area contributed by atoms with Crippen LogP contribution in [0.4, 0.5) is 4.39 Å². The molecule has 1 aromatic rings. The Kier molecular flexibility index (Phi) is 6.43. The summed E-state index contributed by atoms with van der Waals surface area (Å²) in [5.41, 5.74) is 0.547. The van der Waals surface area contributed by atoms with Gasteiger partial charge in [-0.3, -0.25) is 4.79 Å². The molecule has 0 aliphatic carbocycles. The first kappa shape index (κ1) is 15.9. The van der Waals surface area contributed by atoms with Gasteiger partial charge in [0.2, 0.25) is 0 Å². The van der Waals surface area contributed by atoms with E-state index in [0.29, 0.717) is 18.0 Å². The number of hydrogen-bond acceptors (Lipinski definition) is 3. The van der Waals surface area contributed by atoms with Gasteiger partial charge in [0.25, 0.3) is 5.91 Å². The van der Waals surface area contributed by atoms with Gasteiger partial charge in [0.15, 0.2) is 6.61 Å². The minimum atomic E-state index is -0.644. The van der Waals surface area contributed by atoms with Crippen LogP contribution >= 0.6 is 0 Å². The Morgan fingerprint density at radius 1 is 1.40 bits per heavy atom. The quantitative estimate of drug-likeness (QED) is 0.641. The van der Waals surface area contributed by atoms with E-state index < -0.39 is 5.97 Å². The molecule has 1 rings (SSSR count). The van der Waals surface area contributed by atoms with Crippen LogP contribution in [0.25, 0.3) is 6.08 Å². The van der Waals surface area contributed by atoms with Crippen molar-refractivity contribution in [2.24, 2.45) is 5.92 Å². The van der Waals surface area contributed by atoms with Crippen LogP contribution < -0.4 is 5.32 Å². The van der Waals surface area contributed by atoms with Gasteiger partial charge in [-0.2, -0.15) is 0 Å². The van der Waals surface area contributed by atoms with Crippen LogP contribution in [-0.4, -0.2) is 25.0 Å². The van der Waals surface area contributed by atoms with Crippen molar-refractivity contribution in [1.29, 1.82) is 0 Å². The molecule has 0 aliphatic rings. The fraction of sp³-hybridized carbons (Fsp3) is 0.333. The number of carbonyl (C=O) groups is 2. The summed E-state index contributed by atoms with van der Waals surface area (Å²) in [6.45, 7) is 4.15. The van der Waals surface area contributed by atoms with Crippen LogP contribution in [0, 0.1) is 11.7 Å². The zero-order valence-electron chi connectivity index (χ0n) is 11.6. The predicted octanol–water partition coefficient (Wildman–Crippen LogP) is 2.15. The van der Waals surface area contributed by atoms with Gasteiger partial charge in [-0.25, -0.2) is 9.18 Å². The predicted molar refractivity (Wildman–Crippen MR) is 74.2 cm³/mol. The van der Waals surface area contributed by atoms with Crippen molar-refractivity contribution in [3.8, 4) is 0 Å². The summed E-state index contributed by atoms with van der Waals surface area (Å²) < 4.78 is 17.6. The number of esters is 1. The van der Waals surface area contributed by atoms with E-state index in [9.17, 15) is 14.0 Å². The van der Waals surface area contributed by atoms with Crippen LogP contribution in [0.1, 0.15) is 19.4 Å². The van der Waals surface area contributed by atoms with Crippen LogP contribution in [0.2, 0.25) is 0 Å². The number of hydrogen-bond donors (Lipinski definition) is 1. The first-order chi connectivity index (χ1) is 9.47. The molecular formula is C15H18FNO3. The van der Waals surface area contributed by atoms with E-state index in [2.05, 4.69) is 5.32 Å². The molecule has 0 aromatic heterocycles. The molecular weight excluding hydrogens is 261 g/mol. The average Bonchev–Trinajstić information content (AvgIpc) is 2.40. The standard InChI is InChI=1S/C15H18FNO3/c1-11(2)9-17-14(18)10-20-15(19)7-6-12-4-3-5-13(16)8-12/h3-8,11H,9-10H2,1-2H3,(H,17,18)/b7-6+. The third-order valence-electron chi connectivity index (χ3n) is 2.31. The largest absolute Gasteiger partial charge is 0.452 e. The fourth-order valence-corrected chi connectivity index (χ4v) is 1.33. The highest BCUT2D eigenvalue weighted by atomic mass is 19.1. The normalized spacial score (nSPS) is 10.8. The van der Waals surface area contributed by atoms with Gasteiger partial charge < -0.3 is 10.1 Å². The van der Waals surface area contributed by atoms with Crippen molar-refractivity contribution in [3.63, 3.8) is 0 Å². The second kappa shape index (κ2) is 8.09. The van der Waals surface area contributed by atoms with Crippen molar-refractivity contribution in [2.75, 3.05) is 13.2 Å². The number of carbonyl (C=O) groups excluding carboxylic acids is 2. The maximum atomic E-state index is 12.9. The Labute approximate surface area is 117 Å². The molecule has 0 saturated heterocycles. The van der Waals surface area contributed by atoms with Gasteiger partial charge in [-0.15, -0.1) is 0 Å². The average molecular weight is 279 g/mol. The van der Waals surface area contributed by atoms with Crippen molar-refractivity contribution >= 4 is 18.0 Å². The lowest BCUT2D eigenvalue weighted by Gasteiger charge is -2.07. The Balaban J connectivity index is 2.35. The summed E-state index contributed by atoms with van der Waals surface area (Å²) in [5.74, 6) is -1.03. The van der Waals surface area contributed by atoms with E-state index in [-0.39, 0.29) is 18.3 Å². The van der Waals surface area contributed by atoms with Gasteiger partial charge in [0, 0.05) is 12.6 Å². The minimum absolute atomic E-state index is 0.320. The van der Waals surface area contributed by atoms with E-state index in [0.717, 1.165) is 6.08 Å². The van der Waals surface area contributed by atoms with E-state index in [1.807, 2.05) is 13.8 Å². The summed E-state index contributed by atoms with van der Waals surface area (Å²) >= 11 is 0. The molecule has 0 spiro atoms. The molecule has 1 aromatic carbocycles. The topological polar surface area (TPSA) is 55.4 Å².